The molecule has 1 atom stereocenters. The lowest BCUT2D eigenvalue weighted by Crippen LogP contribution is -2.52. The van der Waals surface area contributed by atoms with Crippen LogP contribution in [-0.4, -0.2) is 42.6 Å². The quantitative estimate of drug-likeness (QED) is 0.835. The molecule has 0 aliphatic carbocycles. The van der Waals surface area contributed by atoms with Gasteiger partial charge in [0.15, 0.2) is 0 Å². The van der Waals surface area contributed by atoms with Crippen LogP contribution in [0.1, 0.15) is 30.1 Å². The summed E-state index contributed by atoms with van der Waals surface area (Å²) in [5, 5.41) is 0. The minimum atomic E-state index is -0.494. The smallest absolute Gasteiger partial charge is 0.336 e. The Morgan fingerprint density at radius 3 is 2.73 bits per heavy atom. The Labute approximate surface area is 128 Å². The number of ether oxygens (including phenoxy) is 1. The van der Waals surface area contributed by atoms with Crippen molar-refractivity contribution in [2.75, 3.05) is 19.7 Å². The first kappa shape index (κ1) is 16.2. The van der Waals surface area contributed by atoms with Gasteiger partial charge in [0.05, 0.1) is 6.10 Å². The highest BCUT2D eigenvalue weighted by atomic mass is 19.1. The van der Waals surface area contributed by atoms with Gasteiger partial charge in [0.25, 0.3) is 5.91 Å². The first-order valence-electron chi connectivity index (χ1n) is 7.32. The van der Waals surface area contributed by atoms with Crippen LogP contribution in [0.15, 0.2) is 24.3 Å². The van der Waals surface area contributed by atoms with E-state index in [4.69, 9.17) is 4.74 Å². The van der Waals surface area contributed by atoms with Crippen LogP contribution in [0.5, 0.6) is 0 Å². The first-order chi connectivity index (χ1) is 10.6. The van der Waals surface area contributed by atoms with Crippen molar-refractivity contribution in [2.45, 2.75) is 25.9 Å². The topological polar surface area (TPSA) is 70.7 Å². The van der Waals surface area contributed by atoms with Crippen LogP contribution >= 0.6 is 0 Å². The second-order valence-electron chi connectivity index (χ2n) is 5.06. The van der Waals surface area contributed by atoms with Crippen LogP contribution in [0.3, 0.4) is 0 Å². The van der Waals surface area contributed by atoms with Crippen molar-refractivity contribution in [3.63, 3.8) is 0 Å². The second-order valence-corrected chi connectivity index (χ2v) is 5.06. The summed E-state index contributed by atoms with van der Waals surface area (Å²) in [5.41, 5.74) is 4.96. The van der Waals surface area contributed by atoms with E-state index in [0.29, 0.717) is 19.7 Å². The Bertz CT molecular complexity index is 519. The number of carbonyl (C=O) groups is 2. The van der Waals surface area contributed by atoms with Crippen molar-refractivity contribution < 1.29 is 18.7 Å². The summed E-state index contributed by atoms with van der Waals surface area (Å²) in [6.45, 7) is 3.66. The molecule has 0 radical (unpaired) electrons. The third kappa shape index (κ3) is 4.42. The summed E-state index contributed by atoms with van der Waals surface area (Å²) in [7, 11) is 0. The van der Waals surface area contributed by atoms with Gasteiger partial charge in [-0.15, -0.1) is 0 Å². The summed E-state index contributed by atoms with van der Waals surface area (Å²) in [5.74, 6) is -0.914. The number of amides is 3. The summed E-state index contributed by atoms with van der Waals surface area (Å²) in [6.07, 6.45) is 1.83. The third-order valence-electron chi connectivity index (χ3n) is 3.46. The van der Waals surface area contributed by atoms with Crippen LogP contribution < -0.4 is 10.9 Å². The summed E-state index contributed by atoms with van der Waals surface area (Å²) in [6, 6.07) is 4.70. The summed E-state index contributed by atoms with van der Waals surface area (Å²) >= 11 is 0. The van der Waals surface area contributed by atoms with Crippen molar-refractivity contribution in [3.05, 3.63) is 35.6 Å². The fraction of sp³-hybridized carbons (Fsp3) is 0.467. The molecule has 7 heteroatoms. The number of piperidine rings is 1. The van der Waals surface area contributed by atoms with Gasteiger partial charge in [0, 0.05) is 25.3 Å². The molecule has 22 heavy (non-hydrogen) atoms. The largest absolute Gasteiger partial charge is 0.377 e. The van der Waals surface area contributed by atoms with Crippen molar-refractivity contribution >= 4 is 11.9 Å². The molecule has 1 unspecified atom stereocenters. The van der Waals surface area contributed by atoms with E-state index >= 15 is 0 Å². The minimum Gasteiger partial charge on any atom is -0.377 e. The molecule has 1 aliphatic rings. The second kappa shape index (κ2) is 7.74. The standard InChI is InChI=1S/C15H20FN3O3/c1-2-22-13-4-3-9-19(10-13)15(21)18-17-14(20)11-5-7-12(16)8-6-11/h5-8,13H,2-4,9-10H2,1H3,(H,17,20)(H,18,21). The molecule has 0 saturated carbocycles. The number of halogens is 1. The zero-order valence-corrected chi connectivity index (χ0v) is 12.5. The maximum absolute atomic E-state index is 12.8. The number of hydrazine groups is 1. The summed E-state index contributed by atoms with van der Waals surface area (Å²) < 4.78 is 18.3. The van der Waals surface area contributed by atoms with Crippen LogP contribution in [-0.2, 0) is 4.74 Å². The Balaban J connectivity index is 1.81. The lowest BCUT2D eigenvalue weighted by molar-refractivity contribution is 0.0160. The number of rotatable bonds is 3. The number of hydrogen-bond acceptors (Lipinski definition) is 3. The molecule has 3 amide bonds. The lowest BCUT2D eigenvalue weighted by Gasteiger charge is -2.32. The van der Waals surface area contributed by atoms with E-state index in [-0.39, 0.29) is 17.7 Å². The van der Waals surface area contributed by atoms with Gasteiger partial charge in [-0.1, -0.05) is 0 Å². The van der Waals surface area contributed by atoms with E-state index in [0.717, 1.165) is 12.8 Å². The fourth-order valence-corrected chi connectivity index (χ4v) is 2.36. The van der Waals surface area contributed by atoms with E-state index < -0.39 is 11.7 Å². The van der Waals surface area contributed by atoms with Gasteiger partial charge in [0.1, 0.15) is 5.82 Å². The number of hydrogen-bond donors (Lipinski definition) is 2. The molecular formula is C15H20FN3O3. The number of nitrogens with zero attached hydrogens (tertiary/aromatic N) is 1. The fourth-order valence-electron chi connectivity index (χ4n) is 2.36. The van der Waals surface area contributed by atoms with Gasteiger partial charge in [-0.2, -0.15) is 0 Å². The van der Waals surface area contributed by atoms with Crippen molar-refractivity contribution in [1.82, 2.24) is 15.8 Å². The number of benzene rings is 1. The van der Waals surface area contributed by atoms with Crippen LogP contribution in [0.25, 0.3) is 0 Å². The van der Waals surface area contributed by atoms with Gasteiger partial charge in [-0.25, -0.2) is 14.6 Å². The number of nitrogens with one attached hydrogen (secondary N) is 2. The van der Waals surface area contributed by atoms with Crippen molar-refractivity contribution in [2.24, 2.45) is 0 Å². The zero-order chi connectivity index (χ0) is 15.9. The molecule has 0 spiro atoms. The highest BCUT2D eigenvalue weighted by molar-refractivity contribution is 5.95. The van der Waals surface area contributed by atoms with Gasteiger partial charge >= 0.3 is 6.03 Å². The predicted octanol–water partition coefficient (Wildman–Crippen LogP) is 1.68. The van der Waals surface area contributed by atoms with Crippen molar-refractivity contribution in [1.29, 1.82) is 0 Å². The molecule has 1 aromatic rings. The molecule has 1 saturated heterocycles. The maximum atomic E-state index is 12.8. The highest BCUT2D eigenvalue weighted by Gasteiger charge is 2.24. The molecule has 1 heterocycles. The first-order valence-corrected chi connectivity index (χ1v) is 7.32. The maximum Gasteiger partial charge on any atom is 0.336 e. The minimum absolute atomic E-state index is 0.0392. The Hall–Kier alpha value is -2.15. The number of urea groups is 1. The number of likely N-dealkylation sites (tertiary alicyclic amines) is 1. The molecule has 2 rings (SSSR count). The van der Waals surface area contributed by atoms with E-state index in [2.05, 4.69) is 10.9 Å². The van der Waals surface area contributed by atoms with E-state index in [1.54, 1.807) is 4.90 Å². The van der Waals surface area contributed by atoms with Crippen LogP contribution in [0.2, 0.25) is 0 Å². The molecule has 1 aromatic carbocycles. The predicted molar refractivity (Wildman–Crippen MR) is 78.6 cm³/mol. The molecule has 6 nitrogen and oxygen atoms in total. The third-order valence-corrected chi connectivity index (χ3v) is 3.46. The van der Waals surface area contributed by atoms with Gasteiger partial charge in [-0.05, 0) is 44.0 Å². The van der Waals surface area contributed by atoms with E-state index in [9.17, 15) is 14.0 Å². The molecule has 1 fully saturated rings. The molecule has 1 aliphatic heterocycles. The van der Waals surface area contributed by atoms with Gasteiger partial charge in [-0.3, -0.25) is 10.2 Å². The SMILES string of the molecule is CCOC1CCCN(C(=O)NNC(=O)c2ccc(F)cc2)C1. The average Bonchev–Trinajstić information content (AvgIpc) is 2.53. The molecule has 0 aromatic heterocycles. The van der Waals surface area contributed by atoms with E-state index in [1.165, 1.54) is 24.3 Å². The average molecular weight is 309 g/mol. The molecule has 0 bridgehead atoms. The van der Waals surface area contributed by atoms with E-state index in [1.807, 2.05) is 6.92 Å². The van der Waals surface area contributed by atoms with Crippen LogP contribution in [0.4, 0.5) is 9.18 Å². The molecular weight excluding hydrogens is 289 g/mol. The summed E-state index contributed by atoms with van der Waals surface area (Å²) in [4.78, 5) is 25.4. The van der Waals surface area contributed by atoms with Crippen LogP contribution in [0, 0.1) is 5.82 Å². The number of carbonyl (C=O) groups excluding carboxylic acids is 2. The Morgan fingerprint density at radius 2 is 2.05 bits per heavy atom. The lowest BCUT2D eigenvalue weighted by atomic mass is 10.1. The normalized spacial score (nSPS) is 17.9. The Morgan fingerprint density at radius 1 is 1.32 bits per heavy atom. The van der Waals surface area contributed by atoms with Gasteiger partial charge < -0.3 is 9.64 Å². The Kier molecular flexibility index (Phi) is 5.71. The van der Waals surface area contributed by atoms with Crippen molar-refractivity contribution in [3.8, 4) is 0 Å². The van der Waals surface area contributed by atoms with Gasteiger partial charge in [0.2, 0.25) is 0 Å². The molecule has 2 N–H and O–H groups in total. The molecule has 120 valence electrons. The monoisotopic (exact) mass is 309 g/mol. The zero-order valence-electron chi connectivity index (χ0n) is 12.5. The highest BCUT2D eigenvalue weighted by Crippen LogP contribution is 2.13.